The largest absolute Gasteiger partial charge is 0.119 e. The van der Waals surface area contributed by atoms with Crippen molar-refractivity contribution < 1.29 is 0 Å². The van der Waals surface area contributed by atoms with Crippen LogP contribution in [-0.4, -0.2) is 4.87 Å². The highest BCUT2D eigenvalue weighted by Gasteiger charge is 2.24. The average Bonchev–Trinajstić information content (AvgIpc) is 2.19. The van der Waals surface area contributed by atoms with Gasteiger partial charge in [-0.05, 0) is 19.3 Å². The minimum absolute atomic E-state index is 0.124. The summed E-state index contributed by atoms with van der Waals surface area (Å²) in [6, 6.07) is 0. The Morgan fingerprint density at radius 2 is 1.13 bits per heavy atom. The second kappa shape index (κ2) is 9.51. The lowest BCUT2D eigenvalue weighted by Gasteiger charge is -2.26. The molecule has 0 N–H and O–H groups in total. The van der Waals surface area contributed by atoms with Gasteiger partial charge in [0.25, 0.3) is 0 Å². The van der Waals surface area contributed by atoms with E-state index in [0.29, 0.717) is 0 Å². The van der Waals surface area contributed by atoms with Crippen LogP contribution in [0.4, 0.5) is 0 Å². The van der Waals surface area contributed by atoms with Crippen LogP contribution in [0.2, 0.25) is 0 Å². The van der Waals surface area contributed by atoms with Gasteiger partial charge in [-0.3, -0.25) is 0 Å². The summed E-state index contributed by atoms with van der Waals surface area (Å²) in [4.78, 5) is 0.124. The molecule has 0 aromatic rings. The third-order valence-electron chi connectivity index (χ3n) is 3.15. The van der Waals surface area contributed by atoms with Crippen molar-refractivity contribution in [3.8, 4) is 0 Å². The van der Waals surface area contributed by atoms with E-state index in [4.69, 9.17) is 11.6 Å². The van der Waals surface area contributed by atoms with Gasteiger partial charge in [0.2, 0.25) is 0 Å². The number of hydrogen-bond donors (Lipinski definition) is 0. The standard InChI is InChI=1S/C14H29Cl/c1-4-7-9-12-14(15,11-6-3)13-10-8-5-2/h4-13H2,1-3H3. The molecule has 0 aliphatic rings. The number of unbranched alkanes of at least 4 members (excludes halogenated alkanes) is 4. The fourth-order valence-corrected chi connectivity index (χ4v) is 2.66. The predicted octanol–water partition coefficient (Wildman–Crippen LogP) is 5.92. The molecular weight excluding hydrogens is 204 g/mol. The maximum absolute atomic E-state index is 6.71. The lowest BCUT2D eigenvalue weighted by Crippen LogP contribution is -2.21. The molecule has 0 atom stereocenters. The van der Waals surface area contributed by atoms with Crippen LogP contribution in [0.1, 0.15) is 85.0 Å². The fourth-order valence-electron chi connectivity index (χ4n) is 2.21. The molecule has 0 saturated heterocycles. The van der Waals surface area contributed by atoms with Crippen molar-refractivity contribution in [3.63, 3.8) is 0 Å². The molecule has 1 heteroatoms. The van der Waals surface area contributed by atoms with E-state index in [1.807, 2.05) is 0 Å². The Morgan fingerprint density at radius 3 is 1.47 bits per heavy atom. The summed E-state index contributed by atoms with van der Waals surface area (Å²) in [5, 5.41) is 0. The van der Waals surface area contributed by atoms with E-state index in [0.717, 1.165) is 0 Å². The van der Waals surface area contributed by atoms with Crippen molar-refractivity contribution in [3.05, 3.63) is 0 Å². The Kier molecular flexibility index (Phi) is 9.70. The smallest absolute Gasteiger partial charge is 0.0446 e. The minimum Gasteiger partial charge on any atom is -0.119 e. The maximum Gasteiger partial charge on any atom is 0.0446 e. The monoisotopic (exact) mass is 232 g/mol. The zero-order valence-electron chi connectivity index (χ0n) is 10.9. The fraction of sp³-hybridized carbons (Fsp3) is 1.00. The Labute approximate surface area is 102 Å². The van der Waals surface area contributed by atoms with Gasteiger partial charge in [-0.2, -0.15) is 0 Å². The van der Waals surface area contributed by atoms with Crippen LogP contribution < -0.4 is 0 Å². The van der Waals surface area contributed by atoms with Gasteiger partial charge >= 0.3 is 0 Å². The molecule has 0 aliphatic carbocycles. The minimum atomic E-state index is 0.124. The van der Waals surface area contributed by atoms with Crippen LogP contribution in [-0.2, 0) is 0 Å². The van der Waals surface area contributed by atoms with E-state index in [1.165, 1.54) is 64.2 Å². The number of alkyl halides is 1. The Morgan fingerprint density at radius 1 is 0.667 bits per heavy atom. The number of hydrogen-bond acceptors (Lipinski definition) is 0. The van der Waals surface area contributed by atoms with Gasteiger partial charge in [-0.25, -0.2) is 0 Å². The van der Waals surface area contributed by atoms with Gasteiger partial charge in [0.15, 0.2) is 0 Å². The molecule has 0 heterocycles. The molecule has 0 unspecified atom stereocenters. The Hall–Kier alpha value is 0.290. The first-order valence-corrected chi connectivity index (χ1v) is 7.25. The van der Waals surface area contributed by atoms with Crippen molar-refractivity contribution >= 4 is 11.6 Å². The first kappa shape index (κ1) is 15.3. The summed E-state index contributed by atoms with van der Waals surface area (Å²) in [5.74, 6) is 0. The van der Waals surface area contributed by atoms with Crippen molar-refractivity contribution in [2.75, 3.05) is 0 Å². The number of halogens is 1. The van der Waals surface area contributed by atoms with Gasteiger partial charge in [-0.15, -0.1) is 11.6 Å². The van der Waals surface area contributed by atoms with Crippen LogP contribution in [0.3, 0.4) is 0 Å². The Balaban J connectivity index is 3.83. The highest BCUT2D eigenvalue weighted by atomic mass is 35.5. The van der Waals surface area contributed by atoms with Gasteiger partial charge in [0.05, 0.1) is 0 Å². The molecular formula is C14H29Cl. The van der Waals surface area contributed by atoms with Gasteiger partial charge in [0, 0.05) is 4.87 Å². The molecule has 0 nitrogen and oxygen atoms in total. The second-order valence-electron chi connectivity index (χ2n) is 4.82. The first-order valence-electron chi connectivity index (χ1n) is 6.87. The molecule has 0 aromatic heterocycles. The van der Waals surface area contributed by atoms with E-state index >= 15 is 0 Å². The summed E-state index contributed by atoms with van der Waals surface area (Å²) < 4.78 is 0. The summed E-state index contributed by atoms with van der Waals surface area (Å²) in [6.07, 6.45) is 12.8. The molecule has 0 spiro atoms. The zero-order valence-corrected chi connectivity index (χ0v) is 11.7. The quantitative estimate of drug-likeness (QED) is 0.324. The summed E-state index contributed by atoms with van der Waals surface area (Å²) in [6.45, 7) is 6.76. The maximum atomic E-state index is 6.71. The zero-order chi connectivity index (χ0) is 11.6. The van der Waals surface area contributed by atoms with Gasteiger partial charge in [-0.1, -0.05) is 65.7 Å². The van der Waals surface area contributed by atoms with Crippen molar-refractivity contribution in [1.82, 2.24) is 0 Å². The van der Waals surface area contributed by atoms with Gasteiger partial charge in [0.1, 0.15) is 0 Å². The van der Waals surface area contributed by atoms with E-state index in [1.54, 1.807) is 0 Å². The van der Waals surface area contributed by atoms with Crippen molar-refractivity contribution in [2.45, 2.75) is 89.9 Å². The van der Waals surface area contributed by atoms with Crippen molar-refractivity contribution in [2.24, 2.45) is 0 Å². The molecule has 0 rings (SSSR count). The van der Waals surface area contributed by atoms with Crippen LogP contribution in [0.25, 0.3) is 0 Å². The van der Waals surface area contributed by atoms with Crippen molar-refractivity contribution in [1.29, 1.82) is 0 Å². The molecule has 15 heavy (non-hydrogen) atoms. The third-order valence-corrected chi connectivity index (χ3v) is 3.72. The number of rotatable bonds is 10. The highest BCUT2D eigenvalue weighted by molar-refractivity contribution is 6.23. The molecule has 0 bridgehead atoms. The third kappa shape index (κ3) is 8.13. The molecule has 0 fully saturated rings. The van der Waals surface area contributed by atoms with Crippen LogP contribution >= 0.6 is 11.6 Å². The van der Waals surface area contributed by atoms with E-state index in [-0.39, 0.29) is 4.87 Å². The molecule has 0 aromatic carbocycles. The SMILES string of the molecule is CCCCCC(Cl)(CCC)CCCCC. The molecule has 0 radical (unpaired) electrons. The average molecular weight is 233 g/mol. The summed E-state index contributed by atoms with van der Waals surface area (Å²) in [7, 11) is 0. The Bertz CT molecular complexity index is 121. The lowest BCUT2D eigenvalue weighted by molar-refractivity contribution is 0.416. The summed E-state index contributed by atoms with van der Waals surface area (Å²) in [5.41, 5.74) is 0. The van der Waals surface area contributed by atoms with E-state index in [2.05, 4.69) is 20.8 Å². The highest BCUT2D eigenvalue weighted by Crippen LogP contribution is 2.33. The summed E-state index contributed by atoms with van der Waals surface area (Å²) >= 11 is 6.71. The van der Waals surface area contributed by atoms with E-state index < -0.39 is 0 Å². The van der Waals surface area contributed by atoms with Crippen LogP contribution in [0.5, 0.6) is 0 Å². The molecule has 0 saturated carbocycles. The predicted molar refractivity (Wildman–Crippen MR) is 71.8 cm³/mol. The second-order valence-corrected chi connectivity index (χ2v) is 5.62. The normalized spacial score (nSPS) is 12.0. The molecule has 0 aliphatic heterocycles. The molecule has 0 amide bonds. The van der Waals surface area contributed by atoms with Crippen LogP contribution in [0, 0.1) is 0 Å². The topological polar surface area (TPSA) is 0 Å². The molecule has 92 valence electrons. The van der Waals surface area contributed by atoms with E-state index in [9.17, 15) is 0 Å². The first-order chi connectivity index (χ1) is 7.18. The van der Waals surface area contributed by atoms with Gasteiger partial charge < -0.3 is 0 Å². The van der Waals surface area contributed by atoms with Crippen LogP contribution in [0.15, 0.2) is 0 Å². The lowest BCUT2D eigenvalue weighted by atomic mass is 9.90.